The molecule has 3 aliphatic rings. The van der Waals surface area contributed by atoms with E-state index in [0.717, 1.165) is 5.56 Å². The summed E-state index contributed by atoms with van der Waals surface area (Å²) in [5.41, 5.74) is -0.346. The first-order valence-electron chi connectivity index (χ1n) is 8.51. The molecule has 0 radical (unpaired) electrons. The smallest absolute Gasteiger partial charge is 0.339 e. The Morgan fingerprint density at radius 2 is 1.96 bits per heavy atom. The quantitative estimate of drug-likeness (QED) is 0.734. The van der Waals surface area contributed by atoms with Gasteiger partial charge in [-0.2, -0.15) is 0 Å². The van der Waals surface area contributed by atoms with E-state index >= 15 is 0 Å². The van der Waals surface area contributed by atoms with Gasteiger partial charge in [-0.3, -0.25) is 9.59 Å². The second-order valence-electron chi connectivity index (χ2n) is 8.01. The third-order valence-corrected chi connectivity index (χ3v) is 5.64. The number of Topliss-reactive ketones (excluding diaryl/α,β-unsaturated/α-hetero) is 2. The van der Waals surface area contributed by atoms with E-state index in [4.69, 9.17) is 14.2 Å². The van der Waals surface area contributed by atoms with Crippen LogP contribution in [0.4, 0.5) is 0 Å². The third kappa shape index (κ3) is 2.02. The van der Waals surface area contributed by atoms with Crippen LogP contribution < -0.4 is 4.74 Å². The molecular formula is C20H22O5. The monoisotopic (exact) mass is 342 g/mol. The number of carbonyl (C=O) groups is 2. The molecule has 0 N–H and O–H groups in total. The largest absolute Gasteiger partial charge is 0.438 e. The van der Waals surface area contributed by atoms with Gasteiger partial charge in [-0.25, -0.2) is 0 Å². The summed E-state index contributed by atoms with van der Waals surface area (Å²) in [6.07, 6.45) is 1.04. The molecule has 1 aromatic carbocycles. The topological polar surface area (TPSA) is 61.8 Å². The van der Waals surface area contributed by atoms with Crippen LogP contribution in [-0.2, 0) is 14.3 Å². The zero-order chi connectivity index (χ0) is 18.2. The van der Waals surface area contributed by atoms with Crippen molar-refractivity contribution in [2.24, 2.45) is 11.3 Å². The summed E-state index contributed by atoms with van der Waals surface area (Å²) in [6, 6.07) is 5.43. The SMILES string of the molecule is C=C[C@]1(C)CC(=O)[C@@H]2O[C@@]3(Oc4cccc(C)c4C(=O)[C@H]31)OC2(C)C. The zero-order valence-electron chi connectivity index (χ0n) is 14.9. The van der Waals surface area contributed by atoms with Crippen LogP contribution in [0.5, 0.6) is 5.75 Å². The van der Waals surface area contributed by atoms with Crippen molar-refractivity contribution in [3.05, 3.63) is 42.0 Å². The number of benzene rings is 1. The summed E-state index contributed by atoms with van der Waals surface area (Å²) >= 11 is 0. The number of aryl methyl sites for hydroxylation is 1. The Labute approximate surface area is 146 Å². The van der Waals surface area contributed by atoms with Crippen LogP contribution in [0.25, 0.3) is 0 Å². The Hall–Kier alpha value is -1.98. The van der Waals surface area contributed by atoms with Crippen molar-refractivity contribution in [3.8, 4) is 5.75 Å². The van der Waals surface area contributed by atoms with Crippen LogP contribution in [0.15, 0.2) is 30.9 Å². The Morgan fingerprint density at radius 1 is 1.24 bits per heavy atom. The minimum Gasteiger partial charge on any atom is -0.438 e. The summed E-state index contributed by atoms with van der Waals surface area (Å²) in [4.78, 5) is 26.3. The van der Waals surface area contributed by atoms with Gasteiger partial charge in [-0.05, 0) is 32.4 Å². The van der Waals surface area contributed by atoms with E-state index in [1.165, 1.54) is 0 Å². The normalized spacial score (nSPS) is 38.4. The van der Waals surface area contributed by atoms with Gasteiger partial charge in [0.15, 0.2) is 17.7 Å². The molecule has 4 atom stereocenters. The number of fused-ring (bicyclic) bond motifs is 2. The van der Waals surface area contributed by atoms with Crippen LogP contribution in [0.3, 0.4) is 0 Å². The van der Waals surface area contributed by atoms with E-state index in [0.29, 0.717) is 11.3 Å². The summed E-state index contributed by atoms with van der Waals surface area (Å²) in [5.74, 6) is -2.22. The number of hydrogen-bond donors (Lipinski definition) is 0. The number of allylic oxidation sites excluding steroid dienone is 1. The van der Waals surface area contributed by atoms with E-state index in [1.807, 2.05) is 26.0 Å². The van der Waals surface area contributed by atoms with Gasteiger partial charge in [-0.1, -0.05) is 25.1 Å². The predicted molar refractivity (Wildman–Crippen MR) is 90.3 cm³/mol. The highest BCUT2D eigenvalue weighted by molar-refractivity contribution is 6.04. The number of hydrogen-bond acceptors (Lipinski definition) is 5. The van der Waals surface area contributed by atoms with E-state index in [1.54, 1.807) is 26.0 Å². The number of ether oxygens (including phenoxy) is 3. The van der Waals surface area contributed by atoms with Crippen molar-refractivity contribution in [2.75, 3.05) is 0 Å². The maximum Gasteiger partial charge on any atom is 0.339 e. The van der Waals surface area contributed by atoms with E-state index in [-0.39, 0.29) is 18.0 Å². The van der Waals surface area contributed by atoms with Crippen LogP contribution in [0.1, 0.15) is 43.1 Å². The third-order valence-electron chi connectivity index (χ3n) is 5.64. The van der Waals surface area contributed by atoms with Gasteiger partial charge >= 0.3 is 5.97 Å². The zero-order valence-corrected chi connectivity index (χ0v) is 14.9. The Bertz CT molecular complexity index is 810. The average Bonchev–Trinajstić information content (AvgIpc) is 2.71. The lowest BCUT2D eigenvalue weighted by Crippen LogP contribution is -2.58. The summed E-state index contributed by atoms with van der Waals surface area (Å²) in [7, 11) is 0. The minimum absolute atomic E-state index is 0.101. The van der Waals surface area contributed by atoms with E-state index < -0.39 is 29.0 Å². The average molecular weight is 342 g/mol. The molecule has 2 saturated heterocycles. The van der Waals surface area contributed by atoms with E-state index in [2.05, 4.69) is 6.58 Å². The summed E-state index contributed by atoms with van der Waals surface area (Å²) in [6.45, 7) is 11.2. The van der Waals surface area contributed by atoms with Gasteiger partial charge in [0, 0.05) is 11.8 Å². The molecule has 3 heterocycles. The molecule has 0 aliphatic carbocycles. The first-order valence-corrected chi connectivity index (χ1v) is 8.51. The highest BCUT2D eigenvalue weighted by atomic mass is 16.9. The van der Waals surface area contributed by atoms with Crippen molar-refractivity contribution in [1.82, 2.24) is 0 Å². The van der Waals surface area contributed by atoms with Crippen LogP contribution in [0.2, 0.25) is 0 Å². The number of ketones is 2. The molecule has 0 saturated carbocycles. The molecule has 3 aliphatic heterocycles. The lowest BCUT2D eigenvalue weighted by Gasteiger charge is -2.46. The fourth-order valence-electron chi connectivity index (χ4n) is 4.40. The highest BCUT2D eigenvalue weighted by Gasteiger charge is 2.70. The minimum atomic E-state index is -1.61. The second-order valence-corrected chi connectivity index (χ2v) is 8.01. The molecule has 0 aromatic heterocycles. The molecule has 4 rings (SSSR count). The maximum absolute atomic E-state index is 13.5. The molecule has 0 unspecified atom stereocenters. The predicted octanol–water partition coefficient (Wildman–Crippen LogP) is 3.20. The van der Waals surface area contributed by atoms with Gasteiger partial charge in [0.1, 0.15) is 17.3 Å². The number of rotatable bonds is 1. The molecule has 2 fully saturated rings. The van der Waals surface area contributed by atoms with Crippen molar-refractivity contribution in [2.45, 2.75) is 51.8 Å². The van der Waals surface area contributed by atoms with Gasteiger partial charge in [0.05, 0.1) is 5.56 Å². The number of carbonyl (C=O) groups excluding carboxylic acids is 2. The molecule has 0 amide bonds. The Morgan fingerprint density at radius 3 is 2.64 bits per heavy atom. The first kappa shape index (κ1) is 16.5. The molecule has 2 bridgehead atoms. The van der Waals surface area contributed by atoms with Gasteiger partial charge in [0.2, 0.25) is 0 Å². The Kier molecular flexibility index (Phi) is 3.17. The van der Waals surface area contributed by atoms with Crippen molar-refractivity contribution >= 4 is 11.6 Å². The van der Waals surface area contributed by atoms with Crippen molar-refractivity contribution in [1.29, 1.82) is 0 Å². The molecular weight excluding hydrogens is 320 g/mol. The fraction of sp³-hybridized carbons (Fsp3) is 0.500. The molecule has 25 heavy (non-hydrogen) atoms. The van der Waals surface area contributed by atoms with Crippen molar-refractivity contribution < 1.29 is 23.8 Å². The molecule has 1 spiro atoms. The Balaban J connectivity index is 1.98. The van der Waals surface area contributed by atoms with Crippen LogP contribution in [0, 0.1) is 18.3 Å². The first-order chi connectivity index (χ1) is 11.6. The molecule has 1 aromatic rings. The summed E-state index contributed by atoms with van der Waals surface area (Å²) in [5, 5.41) is 0. The lowest BCUT2D eigenvalue weighted by atomic mass is 9.67. The van der Waals surface area contributed by atoms with Crippen LogP contribution in [-0.4, -0.2) is 29.2 Å². The lowest BCUT2D eigenvalue weighted by molar-refractivity contribution is -0.334. The second kappa shape index (κ2) is 4.80. The van der Waals surface area contributed by atoms with Gasteiger partial charge in [-0.15, -0.1) is 6.58 Å². The van der Waals surface area contributed by atoms with Crippen LogP contribution >= 0.6 is 0 Å². The van der Waals surface area contributed by atoms with Gasteiger partial charge in [0.25, 0.3) is 0 Å². The molecule has 5 heteroatoms. The molecule has 132 valence electrons. The van der Waals surface area contributed by atoms with Crippen molar-refractivity contribution in [3.63, 3.8) is 0 Å². The standard InChI is InChI=1S/C20H22O5/c1-6-19(5)10-12(21)17-18(3,4)25-20(24-17)16(19)15(22)14-11(2)8-7-9-13(14)23-20/h6-9,16-17H,1,10H2,2-5H3/t16-,17-,19+,20+/m0/s1. The molecule has 5 nitrogen and oxygen atoms in total. The fourth-order valence-corrected chi connectivity index (χ4v) is 4.40. The van der Waals surface area contributed by atoms with E-state index in [9.17, 15) is 9.59 Å². The van der Waals surface area contributed by atoms with Gasteiger partial charge < -0.3 is 14.2 Å². The highest BCUT2D eigenvalue weighted by Crippen LogP contribution is 2.57. The summed E-state index contributed by atoms with van der Waals surface area (Å²) < 4.78 is 18.3. The maximum atomic E-state index is 13.5.